The van der Waals surface area contributed by atoms with Crippen LogP contribution in [0.1, 0.15) is 19.4 Å². The second-order valence-corrected chi connectivity index (χ2v) is 6.07. The first-order valence-corrected chi connectivity index (χ1v) is 7.67. The van der Waals surface area contributed by atoms with Crippen LogP contribution in [0.4, 0.5) is 5.69 Å². The lowest BCUT2D eigenvalue weighted by atomic mass is 10.2. The van der Waals surface area contributed by atoms with Gasteiger partial charge >= 0.3 is 0 Å². The van der Waals surface area contributed by atoms with Crippen LogP contribution in [0, 0.1) is 0 Å². The quantitative estimate of drug-likeness (QED) is 0.765. The normalized spacial score (nSPS) is 10.7. The third-order valence-corrected chi connectivity index (χ3v) is 3.58. The van der Waals surface area contributed by atoms with Gasteiger partial charge in [0.05, 0.1) is 11.8 Å². The van der Waals surface area contributed by atoms with Crippen molar-refractivity contribution in [2.45, 2.75) is 26.5 Å². The van der Waals surface area contributed by atoms with Gasteiger partial charge in [-0.1, -0.05) is 45.7 Å². The van der Waals surface area contributed by atoms with Gasteiger partial charge < -0.3 is 10.1 Å². The van der Waals surface area contributed by atoms with Gasteiger partial charge in [0.1, 0.15) is 5.75 Å². The summed E-state index contributed by atoms with van der Waals surface area (Å²) in [7, 11) is 0. The predicted octanol–water partition coefficient (Wildman–Crippen LogP) is 5.50. The van der Waals surface area contributed by atoms with Gasteiger partial charge in [0.2, 0.25) is 0 Å². The molecule has 0 saturated carbocycles. The van der Waals surface area contributed by atoms with Gasteiger partial charge in [-0.25, -0.2) is 0 Å². The van der Waals surface area contributed by atoms with E-state index >= 15 is 0 Å². The monoisotopic (exact) mass is 353 g/mol. The minimum atomic E-state index is 0.147. The van der Waals surface area contributed by atoms with Crippen LogP contribution in [0.5, 0.6) is 5.75 Å². The molecule has 0 aromatic heterocycles. The van der Waals surface area contributed by atoms with E-state index in [1.807, 2.05) is 56.3 Å². The van der Waals surface area contributed by atoms with Crippen LogP contribution in [0.25, 0.3) is 0 Å². The van der Waals surface area contributed by atoms with Gasteiger partial charge in [-0.2, -0.15) is 0 Å². The fourth-order valence-corrected chi connectivity index (χ4v) is 2.57. The van der Waals surface area contributed by atoms with Gasteiger partial charge in [0.15, 0.2) is 0 Å². The summed E-state index contributed by atoms with van der Waals surface area (Å²) in [6.45, 7) is 4.69. The van der Waals surface area contributed by atoms with Crippen molar-refractivity contribution in [3.63, 3.8) is 0 Å². The largest absolute Gasteiger partial charge is 0.489 e. The van der Waals surface area contributed by atoms with Gasteiger partial charge in [0.25, 0.3) is 0 Å². The molecular weight excluding hydrogens is 338 g/mol. The van der Waals surface area contributed by atoms with Crippen molar-refractivity contribution in [1.29, 1.82) is 0 Å². The summed E-state index contributed by atoms with van der Waals surface area (Å²) in [4.78, 5) is 0. The van der Waals surface area contributed by atoms with Crippen molar-refractivity contribution >= 4 is 33.2 Å². The van der Waals surface area contributed by atoms with E-state index in [9.17, 15) is 0 Å². The van der Waals surface area contributed by atoms with Gasteiger partial charge in [-0.3, -0.25) is 0 Å². The lowest BCUT2D eigenvalue weighted by Crippen LogP contribution is -2.08. The van der Waals surface area contributed by atoms with Crippen LogP contribution in [-0.2, 0) is 6.54 Å². The van der Waals surface area contributed by atoms with E-state index < -0.39 is 0 Å². The molecule has 0 atom stereocenters. The smallest absolute Gasteiger partial charge is 0.142 e. The highest BCUT2D eigenvalue weighted by atomic mass is 79.9. The molecule has 0 heterocycles. The molecular formula is C16H17BrClNO. The van der Waals surface area contributed by atoms with Crippen LogP contribution in [0.2, 0.25) is 5.02 Å². The first kappa shape index (κ1) is 15.2. The van der Waals surface area contributed by atoms with Crippen molar-refractivity contribution in [1.82, 2.24) is 0 Å². The molecule has 0 amide bonds. The number of anilines is 1. The Labute approximate surface area is 133 Å². The Kier molecular flexibility index (Phi) is 5.32. The molecule has 0 aliphatic carbocycles. The lowest BCUT2D eigenvalue weighted by Gasteiger charge is -2.15. The maximum Gasteiger partial charge on any atom is 0.142 e. The molecule has 0 aliphatic heterocycles. The number of rotatable bonds is 5. The third-order valence-electron chi connectivity index (χ3n) is 2.73. The number of nitrogens with one attached hydrogen (secondary N) is 1. The summed E-state index contributed by atoms with van der Waals surface area (Å²) < 4.78 is 6.76. The molecule has 0 fully saturated rings. The van der Waals surface area contributed by atoms with Crippen LogP contribution in [0.3, 0.4) is 0 Å². The summed E-state index contributed by atoms with van der Waals surface area (Å²) >= 11 is 9.62. The van der Waals surface area contributed by atoms with E-state index in [1.54, 1.807) is 0 Å². The molecule has 0 aliphatic rings. The standard InChI is InChI=1S/C16H17BrClNO/c1-11(2)20-16-6-4-3-5-15(16)19-10-12-7-8-13(17)9-14(12)18/h3-9,11,19H,10H2,1-2H3. The Hall–Kier alpha value is -1.19. The van der Waals surface area contributed by atoms with Crippen molar-refractivity contribution in [3.8, 4) is 5.75 Å². The Bertz CT molecular complexity index is 586. The average molecular weight is 355 g/mol. The van der Waals surface area contributed by atoms with Crippen molar-refractivity contribution in [2.75, 3.05) is 5.32 Å². The minimum absolute atomic E-state index is 0.147. The summed E-state index contributed by atoms with van der Waals surface area (Å²) in [5.74, 6) is 0.857. The molecule has 0 unspecified atom stereocenters. The molecule has 4 heteroatoms. The Morgan fingerprint density at radius 3 is 2.65 bits per heavy atom. The number of benzene rings is 2. The third kappa shape index (κ3) is 4.15. The maximum atomic E-state index is 6.22. The summed E-state index contributed by atoms with van der Waals surface area (Å²) in [5, 5.41) is 4.12. The van der Waals surface area contributed by atoms with E-state index in [2.05, 4.69) is 21.2 Å². The predicted molar refractivity (Wildman–Crippen MR) is 88.7 cm³/mol. The lowest BCUT2D eigenvalue weighted by molar-refractivity contribution is 0.243. The van der Waals surface area contributed by atoms with Gasteiger partial charge in [-0.05, 0) is 43.7 Å². The molecule has 2 nitrogen and oxygen atoms in total. The van der Waals surface area contributed by atoms with E-state index in [0.717, 1.165) is 26.5 Å². The summed E-state index contributed by atoms with van der Waals surface area (Å²) in [5.41, 5.74) is 2.02. The van der Waals surface area contributed by atoms with E-state index in [1.165, 1.54) is 0 Å². The zero-order valence-electron chi connectivity index (χ0n) is 11.5. The molecule has 0 bridgehead atoms. The van der Waals surface area contributed by atoms with Crippen molar-refractivity contribution in [3.05, 3.63) is 57.5 Å². The fraction of sp³-hybridized carbons (Fsp3) is 0.250. The van der Waals surface area contributed by atoms with Crippen molar-refractivity contribution < 1.29 is 4.74 Å². The second-order valence-electron chi connectivity index (χ2n) is 4.75. The summed E-state index contributed by atoms with van der Waals surface area (Å²) in [6.07, 6.45) is 0.147. The average Bonchev–Trinajstić information content (AvgIpc) is 2.39. The number of para-hydroxylation sites is 2. The van der Waals surface area contributed by atoms with Crippen LogP contribution in [0.15, 0.2) is 46.9 Å². The Morgan fingerprint density at radius 1 is 1.20 bits per heavy atom. The molecule has 1 N–H and O–H groups in total. The molecule has 2 rings (SSSR count). The highest BCUT2D eigenvalue weighted by Crippen LogP contribution is 2.27. The molecule has 0 radical (unpaired) electrons. The highest BCUT2D eigenvalue weighted by molar-refractivity contribution is 9.10. The SMILES string of the molecule is CC(C)Oc1ccccc1NCc1ccc(Br)cc1Cl. The highest BCUT2D eigenvalue weighted by Gasteiger charge is 2.06. The summed E-state index contributed by atoms with van der Waals surface area (Å²) in [6, 6.07) is 13.8. The van der Waals surface area contributed by atoms with E-state index in [-0.39, 0.29) is 6.10 Å². The number of halogens is 2. The maximum absolute atomic E-state index is 6.22. The zero-order chi connectivity index (χ0) is 14.5. The number of hydrogen-bond acceptors (Lipinski definition) is 2. The van der Waals surface area contributed by atoms with Crippen LogP contribution in [-0.4, -0.2) is 6.10 Å². The Balaban J connectivity index is 2.10. The number of hydrogen-bond donors (Lipinski definition) is 1. The second kappa shape index (κ2) is 7.00. The van der Waals surface area contributed by atoms with Gasteiger partial charge in [-0.15, -0.1) is 0 Å². The van der Waals surface area contributed by atoms with Crippen LogP contribution >= 0.6 is 27.5 Å². The van der Waals surface area contributed by atoms with E-state index in [4.69, 9.17) is 16.3 Å². The first-order valence-electron chi connectivity index (χ1n) is 6.49. The minimum Gasteiger partial charge on any atom is -0.489 e. The molecule has 20 heavy (non-hydrogen) atoms. The van der Waals surface area contributed by atoms with Crippen LogP contribution < -0.4 is 10.1 Å². The molecule has 0 spiro atoms. The fourth-order valence-electron chi connectivity index (χ4n) is 1.82. The number of ether oxygens (including phenoxy) is 1. The zero-order valence-corrected chi connectivity index (χ0v) is 13.8. The Morgan fingerprint density at radius 2 is 1.95 bits per heavy atom. The molecule has 2 aromatic rings. The van der Waals surface area contributed by atoms with Gasteiger partial charge in [0, 0.05) is 16.0 Å². The first-order chi connectivity index (χ1) is 9.56. The molecule has 2 aromatic carbocycles. The molecule has 0 saturated heterocycles. The van der Waals surface area contributed by atoms with E-state index in [0.29, 0.717) is 6.54 Å². The topological polar surface area (TPSA) is 21.3 Å². The van der Waals surface area contributed by atoms with Crippen molar-refractivity contribution in [2.24, 2.45) is 0 Å². The molecule has 106 valence electrons.